The summed E-state index contributed by atoms with van der Waals surface area (Å²) in [6.45, 7) is 11.1. The number of aromatic nitrogens is 1. The van der Waals surface area contributed by atoms with Gasteiger partial charge in [-0.2, -0.15) is 0 Å². The topological polar surface area (TPSA) is 24.9 Å². The van der Waals surface area contributed by atoms with Crippen molar-refractivity contribution in [3.05, 3.63) is 65.5 Å². The SMILES string of the molecule is CC(N[C@@H](C)c1ccccn1)c1ccc(C(C)(C)C)cc1. The minimum atomic E-state index is 0.205. The summed E-state index contributed by atoms with van der Waals surface area (Å²) in [5, 5.41) is 3.61. The molecule has 0 aliphatic rings. The van der Waals surface area contributed by atoms with Crippen molar-refractivity contribution in [1.82, 2.24) is 10.3 Å². The van der Waals surface area contributed by atoms with Crippen LogP contribution in [-0.2, 0) is 5.41 Å². The Morgan fingerprint density at radius 1 is 0.905 bits per heavy atom. The van der Waals surface area contributed by atoms with Gasteiger partial charge in [0.15, 0.2) is 0 Å². The van der Waals surface area contributed by atoms with Gasteiger partial charge in [-0.1, -0.05) is 51.1 Å². The first-order valence-corrected chi connectivity index (χ1v) is 7.65. The van der Waals surface area contributed by atoms with E-state index in [2.05, 4.69) is 75.3 Å². The molecule has 1 N–H and O–H groups in total. The molecule has 1 aromatic carbocycles. The summed E-state index contributed by atoms with van der Waals surface area (Å²) in [7, 11) is 0. The normalized spacial score (nSPS) is 14.7. The van der Waals surface area contributed by atoms with Crippen molar-refractivity contribution in [3.63, 3.8) is 0 Å². The van der Waals surface area contributed by atoms with Crippen LogP contribution in [0.15, 0.2) is 48.7 Å². The first-order chi connectivity index (χ1) is 9.88. The molecular formula is C19H26N2. The van der Waals surface area contributed by atoms with E-state index < -0.39 is 0 Å². The smallest absolute Gasteiger partial charge is 0.0570 e. The predicted octanol–water partition coefficient (Wildman–Crippen LogP) is 4.79. The van der Waals surface area contributed by atoms with Crippen LogP contribution in [0.4, 0.5) is 0 Å². The highest BCUT2D eigenvalue weighted by Gasteiger charge is 2.15. The van der Waals surface area contributed by atoms with Gasteiger partial charge in [-0.25, -0.2) is 0 Å². The van der Waals surface area contributed by atoms with E-state index in [-0.39, 0.29) is 11.5 Å². The Morgan fingerprint density at radius 3 is 2.10 bits per heavy atom. The summed E-state index contributed by atoms with van der Waals surface area (Å²) in [5.74, 6) is 0. The Labute approximate surface area is 128 Å². The molecule has 0 spiro atoms. The van der Waals surface area contributed by atoms with Crippen molar-refractivity contribution < 1.29 is 0 Å². The Morgan fingerprint density at radius 2 is 1.57 bits per heavy atom. The molecule has 0 radical (unpaired) electrons. The van der Waals surface area contributed by atoms with E-state index in [4.69, 9.17) is 0 Å². The van der Waals surface area contributed by atoms with Crippen molar-refractivity contribution in [2.24, 2.45) is 0 Å². The largest absolute Gasteiger partial charge is 0.302 e. The summed E-state index contributed by atoms with van der Waals surface area (Å²) in [6, 6.07) is 15.5. The van der Waals surface area contributed by atoms with Gasteiger partial charge in [0.2, 0.25) is 0 Å². The Hall–Kier alpha value is -1.67. The number of nitrogens with zero attached hydrogens (tertiary/aromatic N) is 1. The zero-order chi connectivity index (χ0) is 15.5. The molecule has 1 aromatic heterocycles. The van der Waals surface area contributed by atoms with Crippen LogP contribution in [-0.4, -0.2) is 4.98 Å². The molecule has 2 atom stereocenters. The zero-order valence-corrected chi connectivity index (χ0v) is 13.7. The summed E-state index contributed by atoms with van der Waals surface area (Å²) in [5.41, 5.74) is 3.97. The second-order valence-corrected chi connectivity index (χ2v) is 6.74. The summed E-state index contributed by atoms with van der Waals surface area (Å²) in [6.07, 6.45) is 1.84. The fourth-order valence-electron chi connectivity index (χ4n) is 2.46. The lowest BCUT2D eigenvalue weighted by Gasteiger charge is -2.22. The molecule has 2 rings (SSSR count). The highest BCUT2D eigenvalue weighted by Crippen LogP contribution is 2.24. The number of pyridine rings is 1. The van der Waals surface area contributed by atoms with Crippen LogP contribution in [0.25, 0.3) is 0 Å². The molecule has 2 aromatic rings. The molecule has 0 aliphatic carbocycles. The Balaban J connectivity index is 2.05. The van der Waals surface area contributed by atoms with Gasteiger partial charge >= 0.3 is 0 Å². The quantitative estimate of drug-likeness (QED) is 0.872. The highest BCUT2D eigenvalue weighted by atomic mass is 15.0. The average molecular weight is 282 g/mol. The van der Waals surface area contributed by atoms with Gasteiger partial charge < -0.3 is 5.32 Å². The molecular weight excluding hydrogens is 256 g/mol. The standard InChI is InChI=1S/C19H26N2/c1-14(21-15(2)18-8-6-7-13-20-18)16-9-11-17(12-10-16)19(3,4)5/h6-15,21H,1-5H3/t14?,15-/m0/s1. The third kappa shape index (κ3) is 4.15. The lowest BCUT2D eigenvalue weighted by molar-refractivity contribution is 0.486. The van der Waals surface area contributed by atoms with Gasteiger partial charge in [-0.15, -0.1) is 0 Å². The maximum absolute atomic E-state index is 4.41. The maximum atomic E-state index is 4.41. The van der Waals surface area contributed by atoms with E-state index in [1.54, 1.807) is 0 Å². The highest BCUT2D eigenvalue weighted by molar-refractivity contribution is 5.29. The monoisotopic (exact) mass is 282 g/mol. The van der Waals surface area contributed by atoms with E-state index in [0.717, 1.165) is 5.69 Å². The zero-order valence-electron chi connectivity index (χ0n) is 13.7. The molecule has 0 fully saturated rings. The molecule has 112 valence electrons. The van der Waals surface area contributed by atoms with Gasteiger partial charge in [0, 0.05) is 18.3 Å². The van der Waals surface area contributed by atoms with Gasteiger partial charge in [0.05, 0.1) is 5.69 Å². The molecule has 0 aliphatic heterocycles. The number of benzene rings is 1. The van der Waals surface area contributed by atoms with Crippen molar-refractivity contribution in [2.75, 3.05) is 0 Å². The van der Waals surface area contributed by atoms with Crippen LogP contribution >= 0.6 is 0 Å². The molecule has 0 saturated carbocycles. The maximum Gasteiger partial charge on any atom is 0.0570 e. The van der Waals surface area contributed by atoms with Gasteiger partial charge in [0.1, 0.15) is 0 Å². The molecule has 0 amide bonds. The van der Waals surface area contributed by atoms with E-state index in [0.29, 0.717) is 6.04 Å². The van der Waals surface area contributed by atoms with Gasteiger partial charge in [0.25, 0.3) is 0 Å². The van der Waals surface area contributed by atoms with E-state index in [1.807, 2.05) is 18.3 Å². The minimum Gasteiger partial charge on any atom is -0.302 e. The number of hydrogen-bond acceptors (Lipinski definition) is 2. The fourth-order valence-corrected chi connectivity index (χ4v) is 2.46. The second kappa shape index (κ2) is 6.40. The van der Waals surface area contributed by atoms with Crippen LogP contribution in [0, 0.1) is 0 Å². The van der Waals surface area contributed by atoms with Crippen molar-refractivity contribution in [1.29, 1.82) is 0 Å². The second-order valence-electron chi connectivity index (χ2n) is 6.74. The van der Waals surface area contributed by atoms with Crippen molar-refractivity contribution in [2.45, 2.75) is 52.1 Å². The van der Waals surface area contributed by atoms with E-state index in [1.165, 1.54) is 11.1 Å². The molecule has 2 heteroatoms. The average Bonchev–Trinajstić information content (AvgIpc) is 2.47. The summed E-state index contributed by atoms with van der Waals surface area (Å²) >= 11 is 0. The molecule has 0 saturated heterocycles. The lowest BCUT2D eigenvalue weighted by Crippen LogP contribution is -2.23. The van der Waals surface area contributed by atoms with Gasteiger partial charge in [-0.05, 0) is 42.5 Å². The van der Waals surface area contributed by atoms with E-state index in [9.17, 15) is 0 Å². The first kappa shape index (κ1) is 15.7. The van der Waals surface area contributed by atoms with Crippen LogP contribution in [0.1, 0.15) is 63.5 Å². The van der Waals surface area contributed by atoms with Crippen molar-refractivity contribution >= 4 is 0 Å². The number of nitrogens with one attached hydrogen (secondary N) is 1. The van der Waals surface area contributed by atoms with E-state index >= 15 is 0 Å². The van der Waals surface area contributed by atoms with Crippen LogP contribution < -0.4 is 5.32 Å². The first-order valence-electron chi connectivity index (χ1n) is 7.65. The van der Waals surface area contributed by atoms with Gasteiger partial charge in [-0.3, -0.25) is 4.98 Å². The molecule has 2 nitrogen and oxygen atoms in total. The fraction of sp³-hybridized carbons (Fsp3) is 0.421. The molecule has 1 unspecified atom stereocenters. The molecule has 1 heterocycles. The van der Waals surface area contributed by atoms with Crippen LogP contribution in [0.2, 0.25) is 0 Å². The lowest BCUT2D eigenvalue weighted by atomic mass is 9.86. The Kier molecular flexibility index (Phi) is 4.79. The molecule has 21 heavy (non-hydrogen) atoms. The Bertz CT molecular complexity index is 552. The molecule has 0 bridgehead atoms. The third-order valence-electron chi connectivity index (χ3n) is 3.91. The number of hydrogen-bond donors (Lipinski definition) is 1. The summed E-state index contributed by atoms with van der Waals surface area (Å²) in [4.78, 5) is 4.41. The van der Waals surface area contributed by atoms with Crippen LogP contribution in [0.3, 0.4) is 0 Å². The summed E-state index contributed by atoms with van der Waals surface area (Å²) < 4.78 is 0. The number of rotatable bonds is 4. The van der Waals surface area contributed by atoms with Crippen LogP contribution in [0.5, 0.6) is 0 Å². The third-order valence-corrected chi connectivity index (χ3v) is 3.91. The van der Waals surface area contributed by atoms with Crippen molar-refractivity contribution in [3.8, 4) is 0 Å². The predicted molar refractivity (Wildman–Crippen MR) is 89.3 cm³/mol. The minimum absolute atomic E-state index is 0.205.